The van der Waals surface area contributed by atoms with E-state index in [1.807, 2.05) is 0 Å². The van der Waals surface area contributed by atoms with Gasteiger partial charge in [0.25, 0.3) is 11.8 Å². The van der Waals surface area contributed by atoms with Crippen molar-refractivity contribution >= 4 is 23.5 Å². The molecule has 0 unspecified atom stereocenters. The minimum Gasteiger partial charge on any atom is -0.496 e. The SMILES string of the molecule is COc1ccc(Cl)cc1-c1coc(-c2nnc(NC(=O)c3ccccc3)o2)c1F. The molecule has 1 amide bonds. The first-order valence-corrected chi connectivity index (χ1v) is 8.76. The molecule has 0 saturated carbocycles. The number of halogens is 2. The Morgan fingerprint density at radius 3 is 2.69 bits per heavy atom. The fourth-order valence-electron chi connectivity index (χ4n) is 2.68. The maximum atomic E-state index is 15.0. The van der Waals surface area contributed by atoms with Gasteiger partial charge in [-0.1, -0.05) is 34.9 Å². The molecule has 2 aromatic heterocycles. The van der Waals surface area contributed by atoms with Crippen LogP contribution in [0, 0.1) is 5.82 Å². The van der Waals surface area contributed by atoms with Crippen LogP contribution in [-0.2, 0) is 0 Å². The Labute approximate surface area is 169 Å². The number of ether oxygens (including phenoxy) is 1. The van der Waals surface area contributed by atoms with Crippen molar-refractivity contribution in [3.05, 3.63) is 71.2 Å². The largest absolute Gasteiger partial charge is 0.496 e. The van der Waals surface area contributed by atoms with Crippen LogP contribution in [0.15, 0.2) is 63.6 Å². The van der Waals surface area contributed by atoms with E-state index < -0.39 is 11.7 Å². The van der Waals surface area contributed by atoms with Gasteiger partial charge in [0.2, 0.25) is 5.76 Å². The van der Waals surface area contributed by atoms with Crippen molar-refractivity contribution in [3.8, 4) is 28.5 Å². The summed E-state index contributed by atoms with van der Waals surface area (Å²) in [6.07, 6.45) is 1.20. The van der Waals surface area contributed by atoms with Crippen LogP contribution in [0.1, 0.15) is 10.4 Å². The highest BCUT2D eigenvalue weighted by atomic mass is 35.5. The second-order valence-corrected chi connectivity index (χ2v) is 6.31. The van der Waals surface area contributed by atoms with E-state index in [-0.39, 0.29) is 23.2 Å². The molecule has 4 aromatic rings. The van der Waals surface area contributed by atoms with Crippen LogP contribution in [0.5, 0.6) is 5.75 Å². The summed E-state index contributed by atoms with van der Waals surface area (Å²) in [4.78, 5) is 12.2. The molecule has 7 nitrogen and oxygen atoms in total. The molecule has 0 saturated heterocycles. The Bertz CT molecular complexity index is 1170. The van der Waals surface area contributed by atoms with Crippen molar-refractivity contribution in [1.29, 1.82) is 0 Å². The molecule has 0 fully saturated rings. The third-order valence-electron chi connectivity index (χ3n) is 4.06. The molecule has 0 spiro atoms. The average Bonchev–Trinajstić information content (AvgIpc) is 3.34. The van der Waals surface area contributed by atoms with Gasteiger partial charge in [0, 0.05) is 16.1 Å². The molecule has 0 aliphatic heterocycles. The molecular weight excluding hydrogens is 401 g/mol. The first kappa shape index (κ1) is 18.7. The number of amides is 1. The normalized spacial score (nSPS) is 10.7. The molecule has 2 heterocycles. The Kier molecular flexibility index (Phi) is 5.01. The lowest BCUT2D eigenvalue weighted by molar-refractivity contribution is 0.102. The van der Waals surface area contributed by atoms with Crippen LogP contribution in [-0.4, -0.2) is 23.2 Å². The van der Waals surface area contributed by atoms with Crippen molar-refractivity contribution in [2.45, 2.75) is 0 Å². The van der Waals surface area contributed by atoms with Crippen LogP contribution in [0.3, 0.4) is 0 Å². The molecule has 0 atom stereocenters. The van der Waals surface area contributed by atoms with Gasteiger partial charge in [-0.25, -0.2) is 4.39 Å². The van der Waals surface area contributed by atoms with Gasteiger partial charge in [-0.05, 0) is 30.3 Å². The summed E-state index contributed by atoms with van der Waals surface area (Å²) in [5.41, 5.74) is 0.934. The first-order valence-electron chi connectivity index (χ1n) is 8.38. The van der Waals surface area contributed by atoms with E-state index in [0.29, 0.717) is 21.9 Å². The highest BCUT2D eigenvalue weighted by molar-refractivity contribution is 6.31. The summed E-state index contributed by atoms with van der Waals surface area (Å²) in [5, 5.41) is 10.3. The van der Waals surface area contributed by atoms with E-state index in [0.717, 1.165) is 0 Å². The lowest BCUT2D eigenvalue weighted by Crippen LogP contribution is -2.11. The number of benzene rings is 2. The topological polar surface area (TPSA) is 90.4 Å². The monoisotopic (exact) mass is 413 g/mol. The number of nitrogens with zero attached hydrogens (tertiary/aromatic N) is 2. The van der Waals surface area contributed by atoms with Gasteiger partial charge in [-0.3, -0.25) is 10.1 Å². The number of carbonyl (C=O) groups is 1. The minimum atomic E-state index is -0.727. The predicted molar refractivity (Wildman–Crippen MR) is 103 cm³/mol. The maximum absolute atomic E-state index is 15.0. The molecule has 0 radical (unpaired) electrons. The number of rotatable bonds is 5. The Morgan fingerprint density at radius 2 is 1.93 bits per heavy atom. The van der Waals surface area contributed by atoms with Gasteiger partial charge in [-0.2, -0.15) is 0 Å². The summed E-state index contributed by atoms with van der Waals surface area (Å²) >= 11 is 6.01. The van der Waals surface area contributed by atoms with Crippen LogP contribution >= 0.6 is 11.6 Å². The molecule has 1 N–H and O–H groups in total. The van der Waals surface area contributed by atoms with E-state index >= 15 is 0 Å². The third kappa shape index (κ3) is 3.70. The molecule has 29 heavy (non-hydrogen) atoms. The summed E-state index contributed by atoms with van der Waals surface area (Å²) in [6.45, 7) is 0. The lowest BCUT2D eigenvalue weighted by Gasteiger charge is -2.06. The van der Waals surface area contributed by atoms with Crippen molar-refractivity contribution < 1.29 is 22.8 Å². The molecular formula is C20H13ClFN3O4. The lowest BCUT2D eigenvalue weighted by atomic mass is 10.1. The zero-order valence-corrected chi connectivity index (χ0v) is 15.7. The average molecular weight is 414 g/mol. The fraction of sp³-hybridized carbons (Fsp3) is 0.0500. The van der Waals surface area contributed by atoms with E-state index in [1.54, 1.807) is 48.5 Å². The number of hydrogen-bond donors (Lipinski definition) is 1. The van der Waals surface area contributed by atoms with Crippen molar-refractivity contribution in [1.82, 2.24) is 10.2 Å². The van der Waals surface area contributed by atoms with Gasteiger partial charge in [-0.15, -0.1) is 5.10 Å². The quantitative estimate of drug-likeness (QED) is 0.492. The van der Waals surface area contributed by atoms with Crippen molar-refractivity contribution in [3.63, 3.8) is 0 Å². The van der Waals surface area contributed by atoms with Crippen LogP contribution < -0.4 is 10.1 Å². The molecule has 0 aliphatic carbocycles. The number of furan rings is 1. The Balaban J connectivity index is 1.61. The Morgan fingerprint density at radius 1 is 1.14 bits per heavy atom. The Hall–Kier alpha value is -3.65. The molecule has 0 bridgehead atoms. The fourth-order valence-corrected chi connectivity index (χ4v) is 2.86. The summed E-state index contributed by atoms with van der Waals surface area (Å²) < 4.78 is 30.9. The van der Waals surface area contributed by atoms with Gasteiger partial charge in [0.15, 0.2) is 5.82 Å². The van der Waals surface area contributed by atoms with E-state index in [1.165, 1.54) is 13.4 Å². The van der Waals surface area contributed by atoms with E-state index in [4.69, 9.17) is 25.2 Å². The van der Waals surface area contributed by atoms with Gasteiger partial charge in [0.05, 0.1) is 12.7 Å². The van der Waals surface area contributed by atoms with Gasteiger partial charge >= 0.3 is 6.01 Å². The van der Waals surface area contributed by atoms with E-state index in [9.17, 15) is 9.18 Å². The summed E-state index contributed by atoms with van der Waals surface area (Å²) in [7, 11) is 1.46. The maximum Gasteiger partial charge on any atom is 0.322 e. The number of carbonyl (C=O) groups excluding carboxylic acids is 1. The summed E-state index contributed by atoms with van der Waals surface area (Å²) in [5.74, 6) is -1.24. The molecule has 4 rings (SSSR count). The number of aromatic nitrogens is 2. The standard InChI is InChI=1S/C20H13ClFN3O4/c1-27-15-8-7-12(21)9-13(15)14-10-28-17(16(14)22)19-24-25-20(29-19)23-18(26)11-5-3-2-4-6-11/h2-10H,1H3,(H,23,25,26). The second-order valence-electron chi connectivity index (χ2n) is 5.87. The zero-order valence-electron chi connectivity index (χ0n) is 15.0. The second kappa shape index (κ2) is 7.76. The predicted octanol–water partition coefficient (Wildman–Crippen LogP) is 5.05. The van der Waals surface area contributed by atoms with E-state index in [2.05, 4.69) is 15.5 Å². The smallest absolute Gasteiger partial charge is 0.322 e. The summed E-state index contributed by atoms with van der Waals surface area (Å²) in [6, 6.07) is 13.1. The molecule has 9 heteroatoms. The van der Waals surface area contributed by atoms with Crippen molar-refractivity contribution in [2.75, 3.05) is 12.4 Å². The first-order chi connectivity index (χ1) is 14.1. The van der Waals surface area contributed by atoms with Crippen molar-refractivity contribution in [2.24, 2.45) is 0 Å². The number of methoxy groups -OCH3 is 1. The minimum absolute atomic E-state index is 0.118. The molecule has 146 valence electrons. The molecule has 2 aromatic carbocycles. The highest BCUT2D eigenvalue weighted by Crippen LogP contribution is 2.38. The number of hydrogen-bond acceptors (Lipinski definition) is 6. The van der Waals surface area contributed by atoms with Crippen LogP contribution in [0.2, 0.25) is 5.02 Å². The zero-order chi connectivity index (χ0) is 20.4. The third-order valence-corrected chi connectivity index (χ3v) is 4.29. The van der Waals surface area contributed by atoms with Crippen LogP contribution in [0.4, 0.5) is 10.4 Å². The highest BCUT2D eigenvalue weighted by Gasteiger charge is 2.24. The number of anilines is 1. The molecule has 0 aliphatic rings. The van der Waals surface area contributed by atoms with Gasteiger partial charge < -0.3 is 13.6 Å². The number of nitrogens with one attached hydrogen (secondary N) is 1. The van der Waals surface area contributed by atoms with Gasteiger partial charge in [0.1, 0.15) is 12.0 Å². The van der Waals surface area contributed by atoms with Crippen LogP contribution in [0.25, 0.3) is 22.8 Å².